The Morgan fingerprint density at radius 3 is 2.92 bits per heavy atom. The second-order valence-electron chi connectivity index (χ2n) is 5.69. The molecule has 2 N–H and O–H groups in total. The number of terminal acetylenes is 1. The maximum atomic E-state index is 12.3. The van der Waals surface area contributed by atoms with E-state index in [1.54, 1.807) is 12.4 Å². The first-order valence-corrected chi connectivity index (χ1v) is 7.76. The number of amides is 1. The standard InChI is InChI=1S/C17H18N6O/c1-3-4-7-17(22-23-17)8-10-19-16(24)14-12(2)20-15(21-14)13-6-5-9-18-11-13/h1,5-6,9,11H,4,7-8,10H2,2H3,(H,19,24)(H,20,21). The molecule has 7 nitrogen and oxygen atoms in total. The van der Waals surface area contributed by atoms with Gasteiger partial charge in [-0.25, -0.2) is 4.98 Å². The Hall–Kier alpha value is -3.01. The lowest BCUT2D eigenvalue weighted by Crippen LogP contribution is -2.29. The topological polar surface area (TPSA) is 95.4 Å². The highest BCUT2D eigenvalue weighted by atomic mass is 16.1. The van der Waals surface area contributed by atoms with E-state index >= 15 is 0 Å². The summed E-state index contributed by atoms with van der Waals surface area (Å²) in [6.07, 6.45) is 10.7. The molecule has 0 radical (unpaired) electrons. The Labute approximate surface area is 140 Å². The zero-order chi connectivity index (χ0) is 17.0. The molecule has 0 bridgehead atoms. The summed E-state index contributed by atoms with van der Waals surface area (Å²) in [5, 5.41) is 11.0. The van der Waals surface area contributed by atoms with Gasteiger partial charge in [0.2, 0.25) is 0 Å². The van der Waals surface area contributed by atoms with Crippen molar-refractivity contribution >= 4 is 5.91 Å². The first kappa shape index (κ1) is 15.9. The van der Waals surface area contributed by atoms with Gasteiger partial charge in [-0.15, -0.1) is 12.3 Å². The van der Waals surface area contributed by atoms with Gasteiger partial charge in [-0.1, -0.05) is 0 Å². The Morgan fingerprint density at radius 2 is 2.25 bits per heavy atom. The van der Waals surface area contributed by atoms with E-state index < -0.39 is 0 Å². The normalized spacial score (nSPS) is 14.2. The van der Waals surface area contributed by atoms with Crippen LogP contribution in [-0.2, 0) is 0 Å². The maximum Gasteiger partial charge on any atom is 0.271 e. The summed E-state index contributed by atoms with van der Waals surface area (Å²) in [7, 11) is 0. The first-order chi connectivity index (χ1) is 11.6. The SMILES string of the molecule is C#CCCC1(CCNC(=O)c2nc(-c3cccnc3)[nH]c2C)N=N1. The number of H-pyrrole nitrogens is 1. The monoisotopic (exact) mass is 322 g/mol. The van der Waals surface area contributed by atoms with Gasteiger partial charge in [0, 0.05) is 49.5 Å². The molecule has 0 unspecified atom stereocenters. The zero-order valence-corrected chi connectivity index (χ0v) is 13.4. The fourth-order valence-corrected chi connectivity index (χ4v) is 2.45. The van der Waals surface area contributed by atoms with Crippen LogP contribution in [-0.4, -0.2) is 33.1 Å². The van der Waals surface area contributed by atoms with Gasteiger partial charge in [-0.05, 0) is 19.1 Å². The number of nitrogens with zero attached hydrogens (tertiary/aromatic N) is 4. The minimum atomic E-state index is -0.388. The molecule has 0 aliphatic carbocycles. The third-order valence-corrected chi connectivity index (χ3v) is 3.90. The molecule has 3 rings (SSSR count). The maximum absolute atomic E-state index is 12.3. The molecule has 0 saturated carbocycles. The van der Waals surface area contributed by atoms with Crippen LogP contribution in [0.15, 0.2) is 34.8 Å². The Kier molecular flexibility index (Phi) is 4.38. The first-order valence-electron chi connectivity index (χ1n) is 7.76. The highest BCUT2D eigenvalue weighted by Crippen LogP contribution is 2.36. The molecule has 2 aromatic heterocycles. The van der Waals surface area contributed by atoms with Crippen LogP contribution in [0.2, 0.25) is 0 Å². The van der Waals surface area contributed by atoms with Gasteiger partial charge < -0.3 is 10.3 Å². The van der Waals surface area contributed by atoms with Gasteiger partial charge in [0.05, 0.1) is 0 Å². The van der Waals surface area contributed by atoms with Crippen LogP contribution in [0.1, 0.15) is 35.4 Å². The summed E-state index contributed by atoms with van der Waals surface area (Å²) in [6.45, 7) is 2.30. The lowest BCUT2D eigenvalue weighted by atomic mass is 10.0. The third-order valence-electron chi connectivity index (χ3n) is 3.90. The Morgan fingerprint density at radius 1 is 1.42 bits per heavy atom. The number of rotatable bonds is 7. The van der Waals surface area contributed by atoms with Crippen molar-refractivity contribution in [1.82, 2.24) is 20.3 Å². The number of hydrogen-bond donors (Lipinski definition) is 2. The number of aryl methyl sites for hydroxylation is 1. The van der Waals surface area contributed by atoms with E-state index in [0.29, 0.717) is 36.6 Å². The van der Waals surface area contributed by atoms with Crippen LogP contribution in [0.4, 0.5) is 0 Å². The van der Waals surface area contributed by atoms with Crippen LogP contribution in [0.5, 0.6) is 0 Å². The molecular weight excluding hydrogens is 304 g/mol. The van der Waals surface area contributed by atoms with E-state index in [2.05, 4.69) is 36.4 Å². The van der Waals surface area contributed by atoms with Crippen molar-refractivity contribution in [3.63, 3.8) is 0 Å². The van der Waals surface area contributed by atoms with E-state index in [1.165, 1.54) is 0 Å². The Balaban J connectivity index is 1.58. The van der Waals surface area contributed by atoms with Gasteiger partial charge in [0.15, 0.2) is 5.66 Å². The molecular formula is C17H18N6O. The second-order valence-corrected chi connectivity index (χ2v) is 5.69. The summed E-state index contributed by atoms with van der Waals surface area (Å²) in [4.78, 5) is 23.9. The number of hydrogen-bond acceptors (Lipinski definition) is 5. The quantitative estimate of drug-likeness (QED) is 0.767. The van der Waals surface area contributed by atoms with E-state index in [-0.39, 0.29) is 11.6 Å². The lowest BCUT2D eigenvalue weighted by molar-refractivity contribution is 0.0947. The molecule has 1 aliphatic rings. The van der Waals surface area contributed by atoms with E-state index in [9.17, 15) is 4.79 Å². The van der Waals surface area contributed by atoms with Crippen LogP contribution in [0.25, 0.3) is 11.4 Å². The van der Waals surface area contributed by atoms with Crippen molar-refractivity contribution in [2.45, 2.75) is 31.8 Å². The molecule has 0 aromatic carbocycles. The van der Waals surface area contributed by atoms with Crippen molar-refractivity contribution in [2.75, 3.05) is 6.54 Å². The summed E-state index contributed by atoms with van der Waals surface area (Å²) in [6, 6.07) is 3.71. The van der Waals surface area contributed by atoms with Crippen molar-refractivity contribution in [1.29, 1.82) is 0 Å². The van der Waals surface area contributed by atoms with Gasteiger partial charge >= 0.3 is 0 Å². The van der Waals surface area contributed by atoms with Crippen molar-refractivity contribution in [3.8, 4) is 23.7 Å². The molecule has 0 saturated heterocycles. The molecule has 0 atom stereocenters. The number of aromatic amines is 1. The molecule has 2 aromatic rings. The molecule has 0 spiro atoms. The smallest absolute Gasteiger partial charge is 0.271 e. The molecule has 24 heavy (non-hydrogen) atoms. The number of nitrogens with one attached hydrogen (secondary N) is 2. The molecule has 0 fully saturated rings. The van der Waals surface area contributed by atoms with Crippen LogP contribution in [0.3, 0.4) is 0 Å². The van der Waals surface area contributed by atoms with Gasteiger partial charge in [0.1, 0.15) is 11.5 Å². The van der Waals surface area contributed by atoms with E-state index in [4.69, 9.17) is 6.42 Å². The van der Waals surface area contributed by atoms with Gasteiger partial charge in [0.25, 0.3) is 5.91 Å². The summed E-state index contributed by atoms with van der Waals surface area (Å²) < 4.78 is 0. The van der Waals surface area contributed by atoms with Crippen LogP contribution in [0, 0.1) is 19.3 Å². The van der Waals surface area contributed by atoms with E-state index in [0.717, 1.165) is 12.0 Å². The minimum absolute atomic E-state index is 0.216. The second kappa shape index (κ2) is 6.62. The molecule has 1 aliphatic heterocycles. The zero-order valence-electron chi connectivity index (χ0n) is 13.4. The summed E-state index contributed by atoms with van der Waals surface area (Å²) in [5.74, 6) is 3.00. The predicted molar refractivity (Wildman–Crippen MR) is 89.2 cm³/mol. The number of pyridine rings is 1. The highest BCUT2D eigenvalue weighted by molar-refractivity contribution is 5.94. The van der Waals surface area contributed by atoms with Gasteiger partial charge in [-0.2, -0.15) is 10.2 Å². The highest BCUT2D eigenvalue weighted by Gasteiger charge is 2.38. The van der Waals surface area contributed by atoms with Crippen LogP contribution < -0.4 is 5.32 Å². The fraction of sp³-hybridized carbons (Fsp3) is 0.353. The fourth-order valence-electron chi connectivity index (χ4n) is 2.45. The lowest BCUT2D eigenvalue weighted by Gasteiger charge is -2.09. The van der Waals surface area contributed by atoms with Crippen molar-refractivity contribution in [2.24, 2.45) is 10.2 Å². The number of imidazole rings is 1. The van der Waals surface area contributed by atoms with Crippen molar-refractivity contribution < 1.29 is 4.79 Å². The number of aromatic nitrogens is 3. The average molecular weight is 322 g/mol. The van der Waals surface area contributed by atoms with Gasteiger partial charge in [-0.3, -0.25) is 9.78 Å². The molecule has 122 valence electrons. The minimum Gasteiger partial charge on any atom is -0.350 e. The predicted octanol–water partition coefficient (Wildman–Crippen LogP) is 2.48. The van der Waals surface area contributed by atoms with E-state index in [1.807, 2.05) is 19.1 Å². The summed E-state index contributed by atoms with van der Waals surface area (Å²) in [5.41, 5.74) is 1.55. The largest absolute Gasteiger partial charge is 0.350 e. The van der Waals surface area contributed by atoms with Crippen molar-refractivity contribution in [3.05, 3.63) is 35.9 Å². The number of carbonyl (C=O) groups is 1. The third kappa shape index (κ3) is 3.49. The molecule has 7 heteroatoms. The molecule has 1 amide bonds. The summed E-state index contributed by atoms with van der Waals surface area (Å²) >= 11 is 0. The number of carbonyl (C=O) groups excluding carboxylic acids is 1. The average Bonchev–Trinajstić information content (AvgIpc) is 3.26. The van der Waals surface area contributed by atoms with Crippen LogP contribution >= 0.6 is 0 Å². The molecule has 3 heterocycles. The Bertz CT molecular complexity index is 796.